The van der Waals surface area contributed by atoms with Gasteiger partial charge in [-0.05, 0) is 12.8 Å². The summed E-state index contributed by atoms with van der Waals surface area (Å²) in [5.41, 5.74) is -1.28. The van der Waals surface area contributed by atoms with Gasteiger partial charge in [0, 0.05) is 14.1 Å². The predicted molar refractivity (Wildman–Crippen MR) is 66.2 cm³/mol. The van der Waals surface area contributed by atoms with Gasteiger partial charge in [-0.2, -0.15) is 0 Å². The van der Waals surface area contributed by atoms with Gasteiger partial charge in [0.05, 0.1) is 0 Å². The number of nitrogens with zero attached hydrogens (tertiary/aromatic N) is 1. The lowest BCUT2D eigenvalue weighted by molar-refractivity contribution is -0.144. The number of rotatable bonds is 6. The highest BCUT2D eigenvalue weighted by Gasteiger charge is 2.37. The van der Waals surface area contributed by atoms with Gasteiger partial charge in [0.15, 0.2) is 0 Å². The van der Waals surface area contributed by atoms with Crippen LogP contribution in [0.25, 0.3) is 0 Å². The monoisotopic (exact) mass is 259 g/mol. The molecule has 0 rings (SSSR count). The number of urea groups is 1. The molecule has 0 saturated heterocycles. The van der Waals surface area contributed by atoms with E-state index in [0.29, 0.717) is 0 Å². The zero-order valence-corrected chi connectivity index (χ0v) is 11.2. The van der Waals surface area contributed by atoms with Crippen molar-refractivity contribution >= 4 is 17.9 Å². The summed E-state index contributed by atoms with van der Waals surface area (Å²) in [5.74, 6) is -1.39. The van der Waals surface area contributed by atoms with Gasteiger partial charge in [0.25, 0.3) is 0 Å². The fourth-order valence-electron chi connectivity index (χ4n) is 1.45. The van der Waals surface area contributed by atoms with Crippen molar-refractivity contribution in [3.63, 3.8) is 0 Å². The highest BCUT2D eigenvalue weighted by molar-refractivity contribution is 5.88. The van der Waals surface area contributed by atoms with Crippen LogP contribution in [0.5, 0.6) is 0 Å². The van der Waals surface area contributed by atoms with E-state index in [4.69, 9.17) is 5.11 Å². The van der Waals surface area contributed by atoms with E-state index < -0.39 is 17.5 Å². The van der Waals surface area contributed by atoms with Crippen LogP contribution in [0, 0.1) is 0 Å². The first kappa shape index (κ1) is 16.2. The number of aliphatic carboxylic acids is 1. The van der Waals surface area contributed by atoms with Crippen LogP contribution >= 0.6 is 0 Å². The van der Waals surface area contributed by atoms with Gasteiger partial charge in [0.2, 0.25) is 5.91 Å². The number of carbonyl (C=O) groups is 3. The fourth-order valence-corrected chi connectivity index (χ4v) is 1.45. The molecule has 0 saturated carbocycles. The van der Waals surface area contributed by atoms with Crippen LogP contribution in [0.15, 0.2) is 0 Å². The zero-order valence-electron chi connectivity index (χ0n) is 11.2. The minimum atomic E-state index is -1.28. The zero-order chi connectivity index (χ0) is 14.3. The molecule has 0 bridgehead atoms. The van der Waals surface area contributed by atoms with E-state index in [1.165, 1.54) is 14.1 Å². The standard InChI is InChI=1S/C11H21N3O4/c1-5-11(6-2,9(16)17)13-10(18)14(4)7-8(15)12-3/h5-7H2,1-4H3,(H,12,15)(H,13,18)(H,16,17). The van der Waals surface area contributed by atoms with Gasteiger partial charge in [-0.3, -0.25) is 4.79 Å². The number of nitrogens with one attached hydrogen (secondary N) is 2. The molecule has 0 aliphatic rings. The van der Waals surface area contributed by atoms with Crippen molar-refractivity contribution < 1.29 is 19.5 Å². The molecule has 0 unspecified atom stereocenters. The van der Waals surface area contributed by atoms with Crippen molar-refractivity contribution in [2.75, 3.05) is 20.6 Å². The minimum absolute atomic E-state index is 0.120. The van der Waals surface area contributed by atoms with Crippen molar-refractivity contribution in [2.24, 2.45) is 0 Å². The molecule has 0 spiro atoms. The number of carboxylic acids is 1. The molecule has 0 radical (unpaired) electrons. The van der Waals surface area contributed by atoms with Crippen molar-refractivity contribution in [3.8, 4) is 0 Å². The van der Waals surface area contributed by atoms with E-state index in [9.17, 15) is 14.4 Å². The van der Waals surface area contributed by atoms with Crippen LogP contribution in [-0.2, 0) is 9.59 Å². The molecule has 0 atom stereocenters. The second-order valence-corrected chi connectivity index (χ2v) is 4.05. The molecule has 0 aromatic carbocycles. The average Bonchev–Trinajstić information content (AvgIpc) is 2.34. The molecule has 0 aromatic heterocycles. The predicted octanol–water partition coefficient (Wildman–Crippen LogP) is 0.0172. The molecule has 0 aliphatic carbocycles. The van der Waals surface area contributed by atoms with Crippen LogP contribution in [0.4, 0.5) is 4.79 Å². The Labute approximate surface area is 107 Å². The highest BCUT2D eigenvalue weighted by Crippen LogP contribution is 2.15. The van der Waals surface area contributed by atoms with E-state index >= 15 is 0 Å². The Hall–Kier alpha value is -1.79. The van der Waals surface area contributed by atoms with Gasteiger partial charge in [-0.1, -0.05) is 13.8 Å². The smallest absolute Gasteiger partial charge is 0.329 e. The van der Waals surface area contributed by atoms with Gasteiger partial charge >= 0.3 is 12.0 Å². The Morgan fingerprint density at radius 1 is 1.22 bits per heavy atom. The Kier molecular flexibility index (Phi) is 6.15. The lowest BCUT2D eigenvalue weighted by atomic mass is 9.93. The molecule has 0 aliphatic heterocycles. The lowest BCUT2D eigenvalue weighted by Gasteiger charge is -2.30. The number of carbonyl (C=O) groups excluding carboxylic acids is 2. The lowest BCUT2D eigenvalue weighted by Crippen LogP contribution is -2.57. The number of carboxylic acid groups (broad SMARTS) is 1. The normalized spacial score (nSPS) is 10.7. The van der Waals surface area contributed by atoms with E-state index in [1.807, 2.05) is 0 Å². The second-order valence-electron chi connectivity index (χ2n) is 4.05. The van der Waals surface area contributed by atoms with Crippen molar-refractivity contribution in [1.29, 1.82) is 0 Å². The molecule has 18 heavy (non-hydrogen) atoms. The van der Waals surface area contributed by atoms with Crippen LogP contribution in [0.1, 0.15) is 26.7 Å². The van der Waals surface area contributed by atoms with Gasteiger partial charge in [-0.15, -0.1) is 0 Å². The largest absolute Gasteiger partial charge is 0.480 e. The maximum absolute atomic E-state index is 11.8. The maximum atomic E-state index is 11.8. The second kappa shape index (κ2) is 6.83. The Morgan fingerprint density at radius 2 is 1.72 bits per heavy atom. The Morgan fingerprint density at radius 3 is 2.06 bits per heavy atom. The molecule has 0 heterocycles. The first-order valence-corrected chi connectivity index (χ1v) is 5.80. The Balaban J connectivity index is 4.70. The maximum Gasteiger partial charge on any atom is 0.329 e. The topological polar surface area (TPSA) is 98.7 Å². The highest BCUT2D eigenvalue weighted by atomic mass is 16.4. The van der Waals surface area contributed by atoms with E-state index in [-0.39, 0.29) is 25.3 Å². The SMILES string of the molecule is CCC(CC)(NC(=O)N(C)CC(=O)NC)C(=O)O. The number of hydrogen-bond acceptors (Lipinski definition) is 3. The summed E-state index contributed by atoms with van der Waals surface area (Å²) >= 11 is 0. The molecular weight excluding hydrogens is 238 g/mol. The number of amides is 3. The number of likely N-dealkylation sites (N-methyl/N-ethyl adjacent to an activating group) is 2. The third-order valence-electron chi connectivity index (χ3n) is 2.97. The average molecular weight is 259 g/mol. The van der Waals surface area contributed by atoms with Gasteiger partial charge in [-0.25, -0.2) is 9.59 Å². The van der Waals surface area contributed by atoms with E-state index in [0.717, 1.165) is 4.90 Å². The van der Waals surface area contributed by atoms with Crippen LogP contribution in [0.3, 0.4) is 0 Å². The summed E-state index contributed by atoms with van der Waals surface area (Å²) in [5, 5.41) is 14.0. The Bertz CT molecular complexity index is 326. The molecule has 3 amide bonds. The first-order chi connectivity index (χ1) is 8.32. The van der Waals surface area contributed by atoms with E-state index in [1.54, 1.807) is 13.8 Å². The van der Waals surface area contributed by atoms with Gasteiger partial charge < -0.3 is 20.6 Å². The number of hydrogen-bond donors (Lipinski definition) is 3. The van der Waals surface area contributed by atoms with E-state index in [2.05, 4.69) is 10.6 Å². The van der Waals surface area contributed by atoms with Crippen LogP contribution in [0.2, 0.25) is 0 Å². The van der Waals surface area contributed by atoms with Crippen molar-refractivity contribution in [2.45, 2.75) is 32.2 Å². The molecule has 0 aromatic rings. The summed E-state index contributed by atoms with van der Waals surface area (Å²) in [4.78, 5) is 35.3. The molecular formula is C11H21N3O4. The van der Waals surface area contributed by atoms with Gasteiger partial charge in [0.1, 0.15) is 12.1 Å². The molecule has 3 N–H and O–H groups in total. The third-order valence-corrected chi connectivity index (χ3v) is 2.97. The quantitative estimate of drug-likeness (QED) is 0.626. The molecule has 7 heteroatoms. The third kappa shape index (κ3) is 3.90. The summed E-state index contributed by atoms with van der Waals surface area (Å²) in [6.07, 6.45) is 0.552. The summed E-state index contributed by atoms with van der Waals surface area (Å²) < 4.78 is 0. The molecule has 7 nitrogen and oxygen atoms in total. The van der Waals surface area contributed by atoms with Crippen LogP contribution < -0.4 is 10.6 Å². The first-order valence-electron chi connectivity index (χ1n) is 5.80. The summed E-state index contributed by atoms with van der Waals surface area (Å²) in [7, 11) is 2.90. The minimum Gasteiger partial charge on any atom is -0.480 e. The molecule has 104 valence electrons. The van der Waals surface area contributed by atoms with Crippen LogP contribution in [-0.4, -0.2) is 54.1 Å². The molecule has 0 fully saturated rings. The van der Waals surface area contributed by atoms with Crippen molar-refractivity contribution in [3.05, 3.63) is 0 Å². The summed E-state index contributed by atoms with van der Waals surface area (Å²) in [6.45, 7) is 3.26. The fraction of sp³-hybridized carbons (Fsp3) is 0.727. The summed E-state index contributed by atoms with van der Waals surface area (Å²) in [6, 6.07) is -0.579. The van der Waals surface area contributed by atoms with Crippen molar-refractivity contribution in [1.82, 2.24) is 15.5 Å².